The van der Waals surface area contributed by atoms with Crippen LogP contribution in [0.2, 0.25) is 0 Å². The molecule has 0 spiro atoms. The Hall–Kier alpha value is -1.31. The molecule has 168 valence electrons. The summed E-state index contributed by atoms with van der Waals surface area (Å²) in [5.74, 6) is 0.663. The van der Waals surface area contributed by atoms with Crippen LogP contribution in [0.15, 0.2) is 42.5 Å². The molecule has 0 N–H and O–H groups in total. The summed E-state index contributed by atoms with van der Waals surface area (Å²) in [6, 6.07) is 13.9. The SMILES string of the molecule is CCCCCCCCCCCCOP(=O)(CCCC)Oc1cccc2ccccc12. The Morgan fingerprint density at radius 1 is 0.700 bits per heavy atom. The molecule has 0 bridgehead atoms. The molecule has 0 aliphatic rings. The quantitative estimate of drug-likeness (QED) is 0.185. The van der Waals surface area contributed by atoms with Gasteiger partial charge in [-0.2, -0.15) is 0 Å². The lowest BCUT2D eigenvalue weighted by atomic mass is 10.1. The van der Waals surface area contributed by atoms with Crippen molar-refractivity contribution in [2.75, 3.05) is 12.8 Å². The molecule has 0 aliphatic heterocycles. The highest BCUT2D eigenvalue weighted by Gasteiger charge is 2.26. The van der Waals surface area contributed by atoms with E-state index in [1.165, 1.54) is 51.4 Å². The first-order valence-electron chi connectivity index (χ1n) is 12.1. The van der Waals surface area contributed by atoms with Crippen LogP contribution in [0.1, 0.15) is 90.9 Å². The van der Waals surface area contributed by atoms with E-state index in [2.05, 4.69) is 13.8 Å². The summed E-state index contributed by atoms with van der Waals surface area (Å²) < 4.78 is 25.3. The third-order valence-corrected chi connectivity index (χ3v) is 7.47. The van der Waals surface area contributed by atoms with Crippen molar-refractivity contribution in [2.45, 2.75) is 90.9 Å². The molecular formula is C26H41O3P. The molecule has 0 fully saturated rings. The molecule has 1 atom stereocenters. The monoisotopic (exact) mass is 432 g/mol. The summed E-state index contributed by atoms with van der Waals surface area (Å²) in [6.07, 6.45) is 15.1. The van der Waals surface area contributed by atoms with Crippen molar-refractivity contribution in [1.29, 1.82) is 0 Å². The molecule has 0 saturated heterocycles. The van der Waals surface area contributed by atoms with Gasteiger partial charge < -0.3 is 4.52 Å². The van der Waals surface area contributed by atoms with Gasteiger partial charge >= 0.3 is 7.60 Å². The van der Waals surface area contributed by atoms with Crippen LogP contribution in [-0.2, 0) is 9.09 Å². The topological polar surface area (TPSA) is 35.5 Å². The number of unbranched alkanes of at least 4 members (excludes halogenated alkanes) is 10. The molecule has 1 unspecified atom stereocenters. The zero-order chi connectivity index (χ0) is 21.5. The standard InChI is InChI=1S/C26H41O3P/c1-3-5-7-8-9-10-11-12-13-16-22-28-30(27,23-6-4-2)29-26-21-17-19-24-18-14-15-20-25(24)26/h14-15,17-21H,3-13,16,22-23H2,1-2H3. The fourth-order valence-corrected chi connectivity index (χ4v) is 5.55. The number of fused-ring (bicyclic) bond motifs is 1. The van der Waals surface area contributed by atoms with Crippen LogP contribution in [0, 0.1) is 0 Å². The second-order valence-corrected chi connectivity index (χ2v) is 10.4. The summed E-state index contributed by atoms with van der Waals surface area (Å²) in [4.78, 5) is 0. The number of hydrogen-bond donors (Lipinski definition) is 0. The second kappa shape index (κ2) is 14.7. The van der Waals surface area contributed by atoms with Crippen LogP contribution in [-0.4, -0.2) is 12.8 Å². The maximum absolute atomic E-state index is 13.4. The van der Waals surface area contributed by atoms with E-state index in [1.807, 2.05) is 42.5 Å². The normalized spacial score (nSPS) is 13.4. The van der Waals surface area contributed by atoms with Gasteiger partial charge in [-0.1, -0.05) is 114 Å². The third-order valence-electron chi connectivity index (χ3n) is 5.56. The molecule has 3 nitrogen and oxygen atoms in total. The van der Waals surface area contributed by atoms with E-state index in [0.717, 1.165) is 36.5 Å². The Labute approximate surface area is 184 Å². The minimum atomic E-state index is -3.14. The average Bonchev–Trinajstić information content (AvgIpc) is 2.76. The van der Waals surface area contributed by atoms with Crippen molar-refractivity contribution in [3.05, 3.63) is 42.5 Å². The number of benzene rings is 2. The van der Waals surface area contributed by atoms with Crippen molar-refractivity contribution >= 4 is 18.4 Å². The molecule has 0 saturated carbocycles. The Balaban J connectivity index is 1.76. The zero-order valence-corrected chi connectivity index (χ0v) is 20.0. The van der Waals surface area contributed by atoms with Crippen molar-refractivity contribution in [2.24, 2.45) is 0 Å². The van der Waals surface area contributed by atoms with Crippen LogP contribution in [0.5, 0.6) is 5.75 Å². The zero-order valence-electron chi connectivity index (χ0n) is 19.1. The van der Waals surface area contributed by atoms with Crippen LogP contribution in [0.3, 0.4) is 0 Å². The Morgan fingerprint density at radius 2 is 1.30 bits per heavy atom. The second-order valence-electron chi connectivity index (χ2n) is 8.27. The largest absolute Gasteiger partial charge is 0.424 e. The van der Waals surface area contributed by atoms with E-state index in [0.29, 0.717) is 18.5 Å². The number of rotatable bonds is 17. The van der Waals surface area contributed by atoms with Crippen LogP contribution < -0.4 is 4.52 Å². The molecule has 0 amide bonds. The molecule has 0 aromatic heterocycles. The van der Waals surface area contributed by atoms with E-state index < -0.39 is 7.60 Å². The first kappa shape index (κ1) is 25.0. The minimum Gasteiger partial charge on any atom is -0.424 e. The molecular weight excluding hydrogens is 391 g/mol. The molecule has 2 aromatic carbocycles. The smallest absolute Gasteiger partial charge is 0.379 e. The van der Waals surface area contributed by atoms with Crippen molar-refractivity contribution in [1.82, 2.24) is 0 Å². The fourth-order valence-electron chi connectivity index (χ4n) is 3.71. The molecule has 4 heteroatoms. The maximum Gasteiger partial charge on any atom is 0.379 e. The lowest BCUT2D eigenvalue weighted by Crippen LogP contribution is -2.04. The first-order chi connectivity index (χ1) is 14.7. The van der Waals surface area contributed by atoms with Gasteiger partial charge in [-0.3, -0.25) is 4.52 Å². The Kier molecular flexibility index (Phi) is 12.2. The molecule has 0 radical (unpaired) electrons. The van der Waals surface area contributed by atoms with E-state index in [-0.39, 0.29) is 0 Å². The van der Waals surface area contributed by atoms with Crippen LogP contribution in [0.25, 0.3) is 10.8 Å². The fraction of sp³-hybridized carbons (Fsp3) is 0.615. The van der Waals surface area contributed by atoms with Gasteiger partial charge in [0.1, 0.15) is 5.75 Å². The Morgan fingerprint density at radius 3 is 2.00 bits per heavy atom. The Bertz CT molecular complexity index is 754. The summed E-state index contributed by atoms with van der Waals surface area (Å²) in [5.41, 5.74) is 0. The van der Waals surface area contributed by atoms with E-state index in [4.69, 9.17) is 9.05 Å². The lowest BCUT2D eigenvalue weighted by molar-refractivity contribution is 0.257. The van der Waals surface area contributed by atoms with Gasteiger partial charge in [0.25, 0.3) is 0 Å². The molecule has 30 heavy (non-hydrogen) atoms. The summed E-state index contributed by atoms with van der Waals surface area (Å²) in [5, 5.41) is 2.07. The van der Waals surface area contributed by atoms with Gasteiger partial charge in [-0.25, -0.2) is 4.57 Å². The number of hydrogen-bond acceptors (Lipinski definition) is 3. The highest BCUT2D eigenvalue weighted by atomic mass is 31.2. The summed E-state index contributed by atoms with van der Waals surface area (Å²) in [7, 11) is -3.14. The predicted molar refractivity (Wildman–Crippen MR) is 130 cm³/mol. The molecule has 2 rings (SSSR count). The van der Waals surface area contributed by atoms with Crippen LogP contribution >= 0.6 is 7.60 Å². The summed E-state index contributed by atoms with van der Waals surface area (Å²) >= 11 is 0. The highest BCUT2D eigenvalue weighted by molar-refractivity contribution is 7.54. The van der Waals surface area contributed by atoms with E-state index >= 15 is 0 Å². The first-order valence-corrected chi connectivity index (χ1v) is 13.8. The van der Waals surface area contributed by atoms with Gasteiger partial charge in [-0.05, 0) is 24.3 Å². The summed E-state index contributed by atoms with van der Waals surface area (Å²) in [6.45, 7) is 4.88. The van der Waals surface area contributed by atoms with Gasteiger partial charge in [0.05, 0.1) is 12.8 Å². The van der Waals surface area contributed by atoms with E-state index in [1.54, 1.807) is 0 Å². The van der Waals surface area contributed by atoms with Gasteiger partial charge in [-0.15, -0.1) is 0 Å². The minimum absolute atomic E-state index is 0.477. The molecule has 0 heterocycles. The molecule has 0 aliphatic carbocycles. The van der Waals surface area contributed by atoms with Crippen molar-refractivity contribution in [3.63, 3.8) is 0 Å². The lowest BCUT2D eigenvalue weighted by Gasteiger charge is -2.20. The average molecular weight is 433 g/mol. The van der Waals surface area contributed by atoms with Gasteiger partial charge in [0.2, 0.25) is 0 Å². The van der Waals surface area contributed by atoms with Crippen molar-refractivity contribution in [3.8, 4) is 5.75 Å². The maximum atomic E-state index is 13.4. The molecule has 2 aromatic rings. The van der Waals surface area contributed by atoms with Crippen LogP contribution in [0.4, 0.5) is 0 Å². The predicted octanol–water partition coefficient (Wildman–Crippen LogP) is 9.15. The van der Waals surface area contributed by atoms with Gasteiger partial charge in [0, 0.05) is 5.39 Å². The highest BCUT2D eigenvalue weighted by Crippen LogP contribution is 2.50. The van der Waals surface area contributed by atoms with E-state index in [9.17, 15) is 4.57 Å². The van der Waals surface area contributed by atoms with Crippen molar-refractivity contribution < 1.29 is 13.6 Å². The van der Waals surface area contributed by atoms with Gasteiger partial charge in [0.15, 0.2) is 0 Å². The third kappa shape index (κ3) is 9.23.